The average Bonchev–Trinajstić information content (AvgIpc) is 2.40. The molecule has 1 aromatic carbocycles. The number of benzene rings is 1. The summed E-state index contributed by atoms with van der Waals surface area (Å²) in [4.78, 5) is 4.53. The maximum Gasteiger partial charge on any atom is 0.118 e. The fraction of sp³-hybridized carbons (Fsp3) is 0.600. The van der Waals surface area contributed by atoms with Gasteiger partial charge in [-0.05, 0) is 58.3 Å². The van der Waals surface area contributed by atoms with Crippen molar-refractivity contribution in [2.24, 2.45) is 5.73 Å². The van der Waals surface area contributed by atoms with Crippen LogP contribution in [0.3, 0.4) is 0 Å². The minimum atomic E-state index is 0.271. The minimum absolute atomic E-state index is 0.271. The highest BCUT2D eigenvalue weighted by atomic mass is 16.5. The first kappa shape index (κ1) is 16.0. The fourth-order valence-corrected chi connectivity index (χ4v) is 2.19. The van der Waals surface area contributed by atoms with Crippen molar-refractivity contribution in [2.75, 3.05) is 47.9 Å². The Morgan fingerprint density at radius 3 is 2.21 bits per heavy atom. The van der Waals surface area contributed by atoms with Crippen molar-refractivity contribution in [3.05, 3.63) is 29.8 Å². The zero-order chi connectivity index (χ0) is 14.3. The number of nitrogens with two attached hydrogens (primary N) is 1. The summed E-state index contributed by atoms with van der Waals surface area (Å²) < 4.78 is 5.18. The predicted octanol–water partition coefficient (Wildman–Crippen LogP) is 1.58. The summed E-state index contributed by atoms with van der Waals surface area (Å²) >= 11 is 0. The van der Waals surface area contributed by atoms with Crippen LogP contribution in [0.25, 0.3) is 0 Å². The Morgan fingerprint density at radius 2 is 1.74 bits per heavy atom. The Labute approximate surface area is 117 Å². The van der Waals surface area contributed by atoms with E-state index in [1.54, 1.807) is 7.11 Å². The largest absolute Gasteiger partial charge is 0.497 e. The van der Waals surface area contributed by atoms with Crippen molar-refractivity contribution in [3.8, 4) is 5.75 Å². The van der Waals surface area contributed by atoms with Crippen LogP contribution < -0.4 is 10.5 Å². The molecular formula is C15H27N3O. The highest BCUT2D eigenvalue weighted by Gasteiger charge is 2.15. The molecule has 0 aromatic heterocycles. The van der Waals surface area contributed by atoms with Crippen molar-refractivity contribution in [2.45, 2.75) is 12.5 Å². The van der Waals surface area contributed by atoms with Gasteiger partial charge in [0.15, 0.2) is 0 Å². The number of methoxy groups -OCH3 is 1. The summed E-state index contributed by atoms with van der Waals surface area (Å²) in [6.07, 6.45) is 1.15. The quantitative estimate of drug-likeness (QED) is 0.775. The van der Waals surface area contributed by atoms with Gasteiger partial charge in [-0.2, -0.15) is 0 Å². The van der Waals surface area contributed by atoms with Crippen molar-refractivity contribution in [3.63, 3.8) is 0 Å². The molecule has 0 amide bonds. The normalized spacial score (nSPS) is 13.0. The Hall–Kier alpha value is -1.10. The standard InChI is InChI=1S/C15H27N3O/c1-17(2)10-5-11-18(3)15(12-16)13-6-8-14(19-4)9-7-13/h6-9,15H,5,10-12,16H2,1-4H3. The molecule has 0 saturated carbocycles. The summed E-state index contributed by atoms with van der Waals surface area (Å²) in [5, 5.41) is 0. The zero-order valence-electron chi connectivity index (χ0n) is 12.6. The lowest BCUT2D eigenvalue weighted by Crippen LogP contribution is -2.32. The van der Waals surface area contributed by atoms with Gasteiger partial charge in [-0.25, -0.2) is 0 Å². The molecule has 0 aliphatic heterocycles. The van der Waals surface area contributed by atoms with Gasteiger partial charge in [-0.3, -0.25) is 4.90 Å². The molecule has 2 N–H and O–H groups in total. The number of hydrogen-bond donors (Lipinski definition) is 1. The van der Waals surface area contributed by atoms with Gasteiger partial charge in [0.05, 0.1) is 7.11 Å². The molecule has 0 spiro atoms. The number of nitrogens with zero attached hydrogens (tertiary/aromatic N) is 2. The zero-order valence-corrected chi connectivity index (χ0v) is 12.6. The smallest absolute Gasteiger partial charge is 0.118 e. The third-order valence-corrected chi connectivity index (χ3v) is 3.37. The van der Waals surface area contributed by atoms with E-state index in [-0.39, 0.29) is 6.04 Å². The lowest BCUT2D eigenvalue weighted by Gasteiger charge is -2.28. The van der Waals surface area contributed by atoms with Crippen LogP contribution in [0.1, 0.15) is 18.0 Å². The summed E-state index contributed by atoms with van der Waals surface area (Å²) in [6.45, 7) is 2.78. The number of hydrogen-bond acceptors (Lipinski definition) is 4. The van der Waals surface area contributed by atoms with Crippen molar-refractivity contribution in [1.29, 1.82) is 0 Å². The Morgan fingerprint density at radius 1 is 1.11 bits per heavy atom. The van der Waals surface area contributed by atoms with Gasteiger partial charge >= 0.3 is 0 Å². The van der Waals surface area contributed by atoms with E-state index in [1.807, 2.05) is 12.1 Å². The molecule has 19 heavy (non-hydrogen) atoms. The van der Waals surface area contributed by atoms with Crippen LogP contribution >= 0.6 is 0 Å². The molecule has 0 aliphatic rings. The lowest BCUT2D eigenvalue weighted by atomic mass is 10.1. The first-order chi connectivity index (χ1) is 9.08. The SMILES string of the molecule is COc1ccc(C(CN)N(C)CCCN(C)C)cc1. The van der Waals surface area contributed by atoms with Crippen LogP contribution in [0.5, 0.6) is 5.75 Å². The fourth-order valence-electron chi connectivity index (χ4n) is 2.19. The molecule has 0 bridgehead atoms. The van der Waals surface area contributed by atoms with E-state index < -0.39 is 0 Å². The molecule has 1 rings (SSSR count). The van der Waals surface area contributed by atoms with Crippen molar-refractivity contribution < 1.29 is 4.74 Å². The second-order valence-electron chi connectivity index (χ2n) is 5.16. The van der Waals surface area contributed by atoms with Gasteiger partial charge in [0.2, 0.25) is 0 Å². The molecule has 1 aromatic rings. The lowest BCUT2D eigenvalue weighted by molar-refractivity contribution is 0.235. The summed E-state index contributed by atoms with van der Waals surface area (Å²) in [7, 11) is 8.02. The van der Waals surface area contributed by atoms with Gasteiger partial charge < -0.3 is 15.4 Å². The van der Waals surface area contributed by atoms with Crippen LogP contribution in [0.4, 0.5) is 0 Å². The minimum Gasteiger partial charge on any atom is -0.497 e. The molecule has 0 aliphatic carbocycles. The van der Waals surface area contributed by atoms with Gasteiger partial charge in [0.25, 0.3) is 0 Å². The molecule has 108 valence electrons. The first-order valence-electron chi connectivity index (χ1n) is 6.77. The van der Waals surface area contributed by atoms with E-state index in [0.29, 0.717) is 6.54 Å². The van der Waals surface area contributed by atoms with Gasteiger partial charge in [-0.15, -0.1) is 0 Å². The topological polar surface area (TPSA) is 41.7 Å². The molecule has 4 nitrogen and oxygen atoms in total. The predicted molar refractivity (Wildman–Crippen MR) is 80.6 cm³/mol. The Bertz CT molecular complexity index is 351. The Balaban J connectivity index is 2.59. The van der Waals surface area contributed by atoms with E-state index in [0.717, 1.165) is 25.3 Å². The Kier molecular flexibility index (Phi) is 6.84. The van der Waals surface area contributed by atoms with Crippen molar-refractivity contribution in [1.82, 2.24) is 9.80 Å². The highest BCUT2D eigenvalue weighted by molar-refractivity contribution is 5.29. The summed E-state index contributed by atoms with van der Waals surface area (Å²) in [5.41, 5.74) is 7.17. The number of ether oxygens (including phenoxy) is 1. The molecule has 0 heterocycles. The van der Waals surface area contributed by atoms with Crippen LogP contribution in [-0.2, 0) is 0 Å². The third kappa shape index (κ3) is 5.19. The average molecular weight is 265 g/mol. The summed E-state index contributed by atoms with van der Waals surface area (Å²) in [6, 6.07) is 8.45. The second kappa shape index (κ2) is 8.15. The second-order valence-corrected chi connectivity index (χ2v) is 5.16. The van der Waals surface area contributed by atoms with Crippen LogP contribution in [0.15, 0.2) is 24.3 Å². The van der Waals surface area contributed by atoms with Gasteiger partial charge in [0.1, 0.15) is 5.75 Å². The van der Waals surface area contributed by atoms with Gasteiger partial charge in [0, 0.05) is 12.6 Å². The monoisotopic (exact) mass is 265 g/mol. The van der Waals surface area contributed by atoms with Crippen LogP contribution in [0, 0.1) is 0 Å². The molecule has 1 unspecified atom stereocenters. The molecule has 0 fully saturated rings. The maximum absolute atomic E-state index is 5.92. The van der Waals surface area contributed by atoms with Crippen LogP contribution in [-0.4, -0.2) is 57.7 Å². The highest BCUT2D eigenvalue weighted by Crippen LogP contribution is 2.21. The number of rotatable bonds is 8. The molecule has 0 saturated heterocycles. The van der Waals surface area contributed by atoms with E-state index in [1.165, 1.54) is 5.56 Å². The first-order valence-corrected chi connectivity index (χ1v) is 6.77. The third-order valence-electron chi connectivity index (χ3n) is 3.37. The van der Waals surface area contributed by atoms with Crippen LogP contribution in [0.2, 0.25) is 0 Å². The van der Waals surface area contributed by atoms with E-state index in [2.05, 4.69) is 43.1 Å². The summed E-state index contributed by atoms with van der Waals surface area (Å²) in [5.74, 6) is 0.884. The van der Waals surface area contributed by atoms with E-state index >= 15 is 0 Å². The maximum atomic E-state index is 5.92. The molecular weight excluding hydrogens is 238 g/mol. The van der Waals surface area contributed by atoms with E-state index in [4.69, 9.17) is 10.5 Å². The van der Waals surface area contributed by atoms with E-state index in [9.17, 15) is 0 Å². The molecule has 0 radical (unpaired) electrons. The molecule has 4 heteroatoms. The number of likely N-dealkylation sites (N-methyl/N-ethyl adjacent to an activating group) is 1. The van der Waals surface area contributed by atoms with Gasteiger partial charge in [-0.1, -0.05) is 12.1 Å². The molecule has 1 atom stereocenters. The van der Waals surface area contributed by atoms with Crippen molar-refractivity contribution >= 4 is 0 Å².